The summed E-state index contributed by atoms with van der Waals surface area (Å²) in [7, 11) is 0. The van der Waals surface area contributed by atoms with Crippen LogP contribution in [0.15, 0.2) is 24.3 Å². The summed E-state index contributed by atoms with van der Waals surface area (Å²) < 4.78 is 13.1. The van der Waals surface area contributed by atoms with Crippen molar-refractivity contribution in [3.05, 3.63) is 35.6 Å². The molecule has 2 rings (SSSR count). The molecule has 1 aromatic rings. The molecule has 1 aromatic carbocycles. The van der Waals surface area contributed by atoms with Gasteiger partial charge in [-0.2, -0.15) is 0 Å². The van der Waals surface area contributed by atoms with Crippen LogP contribution in [0, 0.1) is 5.82 Å². The molecule has 0 aromatic heterocycles. The first-order chi connectivity index (χ1) is 9.06. The van der Waals surface area contributed by atoms with E-state index in [2.05, 4.69) is 16.0 Å². The molecular weight excluding hydrogens is 249 g/mol. The van der Waals surface area contributed by atoms with E-state index in [0.29, 0.717) is 5.56 Å². The monoisotopic (exact) mass is 265 g/mol. The second kappa shape index (κ2) is 5.79. The first-order valence-corrected chi connectivity index (χ1v) is 6.12. The van der Waals surface area contributed by atoms with E-state index in [1.807, 2.05) is 0 Å². The Morgan fingerprint density at radius 2 is 2.32 bits per heavy atom. The number of carbonyl (C=O) groups excluding carboxylic acids is 2. The van der Waals surface area contributed by atoms with Gasteiger partial charge in [0, 0.05) is 6.54 Å². The second-order valence-corrected chi connectivity index (χ2v) is 4.52. The van der Waals surface area contributed by atoms with Gasteiger partial charge in [0.05, 0.1) is 12.6 Å². The van der Waals surface area contributed by atoms with Gasteiger partial charge in [0.2, 0.25) is 11.8 Å². The molecule has 1 unspecified atom stereocenters. The molecular formula is C13H16FN3O2. The molecule has 1 aliphatic rings. The zero-order chi connectivity index (χ0) is 13.8. The van der Waals surface area contributed by atoms with Crippen molar-refractivity contribution in [3.63, 3.8) is 0 Å². The average Bonchev–Trinajstić information content (AvgIpc) is 2.39. The largest absolute Gasteiger partial charge is 0.353 e. The molecule has 3 N–H and O–H groups in total. The van der Waals surface area contributed by atoms with Crippen LogP contribution in [0.5, 0.6) is 0 Å². The van der Waals surface area contributed by atoms with Gasteiger partial charge in [-0.05, 0) is 24.6 Å². The van der Waals surface area contributed by atoms with Crippen LogP contribution in [-0.2, 0) is 9.59 Å². The summed E-state index contributed by atoms with van der Waals surface area (Å²) in [5.41, 5.74) is 0.702. The predicted molar refractivity (Wildman–Crippen MR) is 67.8 cm³/mol. The molecule has 5 nitrogen and oxygen atoms in total. The van der Waals surface area contributed by atoms with Gasteiger partial charge in [0.1, 0.15) is 11.9 Å². The highest BCUT2D eigenvalue weighted by molar-refractivity contribution is 5.86. The number of piperazine rings is 1. The highest BCUT2D eigenvalue weighted by atomic mass is 19.1. The summed E-state index contributed by atoms with van der Waals surface area (Å²) in [6, 6.07) is 5.37. The van der Waals surface area contributed by atoms with Crippen molar-refractivity contribution in [2.45, 2.75) is 19.0 Å². The highest BCUT2D eigenvalue weighted by Crippen LogP contribution is 2.13. The van der Waals surface area contributed by atoms with E-state index in [0.717, 1.165) is 0 Å². The fourth-order valence-electron chi connectivity index (χ4n) is 1.93. The normalized spacial score (nSPS) is 20.5. The van der Waals surface area contributed by atoms with E-state index >= 15 is 0 Å². The third-order valence-electron chi connectivity index (χ3n) is 3.04. The Labute approximate surface area is 110 Å². The first-order valence-electron chi connectivity index (χ1n) is 6.12. The molecule has 19 heavy (non-hydrogen) atoms. The smallest absolute Gasteiger partial charge is 0.239 e. The van der Waals surface area contributed by atoms with Crippen molar-refractivity contribution in [2.24, 2.45) is 0 Å². The topological polar surface area (TPSA) is 70.2 Å². The quantitative estimate of drug-likeness (QED) is 0.725. The maximum absolute atomic E-state index is 13.1. The van der Waals surface area contributed by atoms with Crippen LogP contribution in [0.1, 0.15) is 18.5 Å². The van der Waals surface area contributed by atoms with Crippen LogP contribution in [0.3, 0.4) is 0 Å². The highest BCUT2D eigenvalue weighted by Gasteiger charge is 2.24. The molecule has 0 spiro atoms. The molecule has 102 valence electrons. The van der Waals surface area contributed by atoms with Crippen LogP contribution in [0.2, 0.25) is 0 Å². The summed E-state index contributed by atoms with van der Waals surface area (Å²) in [6.07, 6.45) is 0. The first kappa shape index (κ1) is 13.5. The minimum atomic E-state index is -0.450. The van der Waals surface area contributed by atoms with Crippen molar-refractivity contribution < 1.29 is 14.0 Å². The molecule has 0 bridgehead atoms. The van der Waals surface area contributed by atoms with Gasteiger partial charge in [0.15, 0.2) is 0 Å². The Kier molecular flexibility index (Phi) is 4.11. The van der Waals surface area contributed by atoms with Gasteiger partial charge < -0.3 is 10.6 Å². The fraction of sp³-hybridized carbons (Fsp3) is 0.385. The fourth-order valence-corrected chi connectivity index (χ4v) is 1.93. The number of nitrogens with one attached hydrogen (secondary N) is 3. The molecule has 1 saturated heterocycles. The average molecular weight is 265 g/mol. The number of hydrogen-bond donors (Lipinski definition) is 3. The van der Waals surface area contributed by atoms with Crippen LogP contribution in [0.4, 0.5) is 4.39 Å². The summed E-state index contributed by atoms with van der Waals surface area (Å²) >= 11 is 0. The van der Waals surface area contributed by atoms with Gasteiger partial charge in [-0.15, -0.1) is 0 Å². The molecule has 1 aliphatic heterocycles. The minimum absolute atomic E-state index is 0.123. The molecule has 1 heterocycles. The Bertz CT molecular complexity index is 483. The maximum atomic E-state index is 13.1. The lowest BCUT2D eigenvalue weighted by Gasteiger charge is -2.25. The van der Waals surface area contributed by atoms with Crippen molar-refractivity contribution >= 4 is 11.8 Å². The SMILES string of the molecule is C[C@@H](NC(=O)C1CNC(=O)CN1)c1cccc(F)c1. The van der Waals surface area contributed by atoms with E-state index in [9.17, 15) is 14.0 Å². The lowest BCUT2D eigenvalue weighted by atomic mass is 10.1. The molecule has 1 fully saturated rings. The predicted octanol–water partition coefficient (Wildman–Crippen LogP) is 0.0909. The van der Waals surface area contributed by atoms with Crippen LogP contribution >= 0.6 is 0 Å². The third kappa shape index (κ3) is 3.51. The lowest BCUT2D eigenvalue weighted by molar-refractivity contribution is -0.127. The molecule has 0 aliphatic carbocycles. The number of amides is 2. The van der Waals surface area contributed by atoms with Crippen molar-refractivity contribution in [2.75, 3.05) is 13.1 Å². The van der Waals surface area contributed by atoms with Gasteiger partial charge in [0.25, 0.3) is 0 Å². The standard InChI is InChI=1S/C13H16FN3O2/c1-8(9-3-2-4-10(14)5-9)17-13(19)11-6-16-12(18)7-15-11/h2-5,8,11,15H,6-7H2,1H3,(H,16,18)(H,17,19)/t8-,11?/m1/s1. The van der Waals surface area contributed by atoms with Crippen LogP contribution < -0.4 is 16.0 Å². The van der Waals surface area contributed by atoms with E-state index in [4.69, 9.17) is 0 Å². The van der Waals surface area contributed by atoms with E-state index in [1.54, 1.807) is 19.1 Å². The minimum Gasteiger partial charge on any atom is -0.353 e. The number of carbonyl (C=O) groups is 2. The Hall–Kier alpha value is -1.95. The zero-order valence-corrected chi connectivity index (χ0v) is 10.6. The maximum Gasteiger partial charge on any atom is 0.239 e. The third-order valence-corrected chi connectivity index (χ3v) is 3.04. The number of hydrogen-bond acceptors (Lipinski definition) is 3. The number of benzene rings is 1. The van der Waals surface area contributed by atoms with E-state index in [1.165, 1.54) is 12.1 Å². The van der Waals surface area contributed by atoms with Gasteiger partial charge >= 0.3 is 0 Å². The Balaban J connectivity index is 1.93. The Morgan fingerprint density at radius 1 is 1.53 bits per heavy atom. The zero-order valence-electron chi connectivity index (χ0n) is 10.6. The van der Waals surface area contributed by atoms with Crippen LogP contribution in [0.25, 0.3) is 0 Å². The van der Waals surface area contributed by atoms with Gasteiger partial charge in [-0.1, -0.05) is 12.1 Å². The lowest BCUT2D eigenvalue weighted by Crippen LogP contribution is -2.58. The van der Waals surface area contributed by atoms with Gasteiger partial charge in [-0.25, -0.2) is 4.39 Å². The van der Waals surface area contributed by atoms with E-state index in [-0.39, 0.29) is 36.8 Å². The van der Waals surface area contributed by atoms with Gasteiger partial charge in [-0.3, -0.25) is 14.9 Å². The number of halogens is 1. The molecule has 2 atom stereocenters. The van der Waals surface area contributed by atoms with E-state index < -0.39 is 6.04 Å². The molecule has 0 saturated carbocycles. The Morgan fingerprint density at radius 3 is 2.95 bits per heavy atom. The number of rotatable bonds is 3. The van der Waals surface area contributed by atoms with Crippen molar-refractivity contribution in [1.29, 1.82) is 0 Å². The van der Waals surface area contributed by atoms with Crippen molar-refractivity contribution in [1.82, 2.24) is 16.0 Å². The van der Waals surface area contributed by atoms with Crippen LogP contribution in [-0.4, -0.2) is 30.9 Å². The van der Waals surface area contributed by atoms with Crippen molar-refractivity contribution in [3.8, 4) is 0 Å². The summed E-state index contributed by atoms with van der Waals surface area (Å²) in [4.78, 5) is 22.9. The summed E-state index contributed by atoms with van der Waals surface area (Å²) in [5.74, 6) is -0.666. The molecule has 2 amide bonds. The second-order valence-electron chi connectivity index (χ2n) is 4.52. The summed E-state index contributed by atoms with van der Waals surface area (Å²) in [5, 5.41) is 8.24. The molecule has 6 heteroatoms. The summed E-state index contributed by atoms with van der Waals surface area (Å²) in [6.45, 7) is 2.18. The molecule has 0 radical (unpaired) electrons.